The third-order valence-electron chi connectivity index (χ3n) is 3.58. The Morgan fingerprint density at radius 3 is 3.05 bits per heavy atom. The summed E-state index contributed by atoms with van der Waals surface area (Å²) in [6.07, 6.45) is 5.21. The predicted octanol–water partition coefficient (Wildman–Crippen LogP) is 1.10. The second-order valence-electron chi connectivity index (χ2n) is 5.12. The summed E-state index contributed by atoms with van der Waals surface area (Å²) in [5.74, 6) is 1.56. The molecule has 0 unspecified atom stereocenters. The van der Waals surface area contributed by atoms with Gasteiger partial charge in [-0.1, -0.05) is 6.08 Å². The van der Waals surface area contributed by atoms with Crippen LogP contribution in [0.5, 0.6) is 0 Å². The van der Waals surface area contributed by atoms with Crippen molar-refractivity contribution in [2.75, 3.05) is 26.8 Å². The number of H-pyrrole nitrogens is 1. The smallest absolute Gasteiger partial charge is 0.293 e. The van der Waals surface area contributed by atoms with Crippen LogP contribution in [0.15, 0.2) is 11.6 Å². The monoisotopic (exact) mass is 262 g/mol. The normalized spacial score (nSPS) is 19.4. The molecular formula is C13H18N4O2. The largest absolute Gasteiger partial charge is 0.380 e. The van der Waals surface area contributed by atoms with Gasteiger partial charge < -0.3 is 9.64 Å². The number of amides is 1. The molecule has 1 fully saturated rings. The number of carbonyl (C=O) groups excluding carboxylic acids is 1. The molecule has 1 aliphatic carbocycles. The molecule has 0 spiro atoms. The van der Waals surface area contributed by atoms with Gasteiger partial charge in [-0.05, 0) is 24.8 Å². The Balaban J connectivity index is 1.63. The van der Waals surface area contributed by atoms with E-state index in [1.165, 1.54) is 5.57 Å². The predicted molar refractivity (Wildman–Crippen MR) is 68.8 cm³/mol. The Morgan fingerprint density at radius 2 is 2.42 bits per heavy atom. The third kappa shape index (κ3) is 2.68. The SMILES string of the molecule is COCC1=CCN(C(=O)c2n[nH]c(C3CC3)n2)CC1. The van der Waals surface area contributed by atoms with E-state index in [2.05, 4.69) is 21.3 Å². The highest BCUT2D eigenvalue weighted by Crippen LogP contribution is 2.37. The summed E-state index contributed by atoms with van der Waals surface area (Å²) in [5.41, 5.74) is 1.25. The first-order valence-corrected chi connectivity index (χ1v) is 6.66. The van der Waals surface area contributed by atoms with E-state index in [4.69, 9.17) is 4.74 Å². The molecule has 0 bridgehead atoms. The molecule has 1 aromatic rings. The van der Waals surface area contributed by atoms with E-state index in [1.54, 1.807) is 12.0 Å². The number of hydrogen-bond donors (Lipinski definition) is 1. The van der Waals surface area contributed by atoms with Gasteiger partial charge in [-0.25, -0.2) is 4.98 Å². The van der Waals surface area contributed by atoms with Crippen molar-refractivity contribution in [1.29, 1.82) is 0 Å². The second-order valence-corrected chi connectivity index (χ2v) is 5.12. The summed E-state index contributed by atoms with van der Waals surface area (Å²) in [4.78, 5) is 18.3. The van der Waals surface area contributed by atoms with Gasteiger partial charge in [0.05, 0.1) is 6.61 Å². The van der Waals surface area contributed by atoms with Crippen LogP contribution in [0.25, 0.3) is 0 Å². The van der Waals surface area contributed by atoms with Gasteiger partial charge in [-0.2, -0.15) is 0 Å². The van der Waals surface area contributed by atoms with E-state index in [9.17, 15) is 4.79 Å². The first-order chi connectivity index (χ1) is 9.28. The van der Waals surface area contributed by atoms with Crippen molar-refractivity contribution >= 4 is 5.91 Å². The topological polar surface area (TPSA) is 71.1 Å². The van der Waals surface area contributed by atoms with E-state index in [1.807, 2.05) is 0 Å². The Bertz CT molecular complexity index is 504. The number of carbonyl (C=O) groups is 1. The summed E-state index contributed by atoms with van der Waals surface area (Å²) >= 11 is 0. The molecule has 0 saturated heterocycles. The molecule has 1 N–H and O–H groups in total. The second kappa shape index (κ2) is 5.13. The van der Waals surface area contributed by atoms with Crippen molar-refractivity contribution in [2.45, 2.75) is 25.2 Å². The van der Waals surface area contributed by atoms with E-state index < -0.39 is 0 Å². The molecule has 102 valence electrons. The highest BCUT2D eigenvalue weighted by molar-refractivity contribution is 5.90. The number of rotatable bonds is 4. The average molecular weight is 262 g/mol. The molecule has 2 heterocycles. The molecule has 6 nitrogen and oxygen atoms in total. The molecular weight excluding hydrogens is 244 g/mol. The van der Waals surface area contributed by atoms with Crippen molar-refractivity contribution in [2.24, 2.45) is 0 Å². The van der Waals surface area contributed by atoms with E-state index in [0.717, 1.165) is 25.1 Å². The lowest BCUT2D eigenvalue weighted by Gasteiger charge is -2.25. The molecule has 19 heavy (non-hydrogen) atoms. The molecule has 1 aliphatic heterocycles. The van der Waals surface area contributed by atoms with Crippen LogP contribution in [-0.2, 0) is 4.74 Å². The van der Waals surface area contributed by atoms with E-state index >= 15 is 0 Å². The number of methoxy groups -OCH3 is 1. The molecule has 1 amide bonds. The fourth-order valence-corrected chi connectivity index (χ4v) is 2.26. The Kier molecular flexibility index (Phi) is 3.33. The maximum absolute atomic E-state index is 12.2. The van der Waals surface area contributed by atoms with Gasteiger partial charge in [-0.15, -0.1) is 5.10 Å². The van der Waals surface area contributed by atoms with E-state index in [0.29, 0.717) is 31.4 Å². The lowest BCUT2D eigenvalue weighted by Crippen LogP contribution is -2.36. The third-order valence-corrected chi connectivity index (χ3v) is 3.58. The van der Waals surface area contributed by atoms with E-state index in [-0.39, 0.29) is 5.91 Å². The number of hydrogen-bond acceptors (Lipinski definition) is 4. The van der Waals surface area contributed by atoms with Gasteiger partial charge in [0.25, 0.3) is 5.91 Å². The number of nitrogens with one attached hydrogen (secondary N) is 1. The summed E-state index contributed by atoms with van der Waals surface area (Å²) < 4.78 is 5.10. The van der Waals surface area contributed by atoms with Crippen LogP contribution in [0.1, 0.15) is 41.6 Å². The zero-order valence-corrected chi connectivity index (χ0v) is 11.1. The van der Waals surface area contributed by atoms with Crippen LogP contribution in [0, 0.1) is 0 Å². The van der Waals surface area contributed by atoms with Gasteiger partial charge >= 0.3 is 0 Å². The highest BCUT2D eigenvalue weighted by atomic mass is 16.5. The summed E-state index contributed by atoms with van der Waals surface area (Å²) in [5, 5.41) is 6.91. The molecule has 1 saturated carbocycles. The molecule has 1 aromatic heterocycles. The van der Waals surface area contributed by atoms with Crippen LogP contribution in [-0.4, -0.2) is 52.8 Å². The molecule has 0 atom stereocenters. The van der Waals surface area contributed by atoms with Crippen LogP contribution in [0.2, 0.25) is 0 Å². The quantitative estimate of drug-likeness (QED) is 0.825. The summed E-state index contributed by atoms with van der Waals surface area (Å²) in [6, 6.07) is 0. The van der Waals surface area contributed by atoms with Gasteiger partial charge in [0.2, 0.25) is 5.82 Å². The Labute approximate surface area is 111 Å². The summed E-state index contributed by atoms with van der Waals surface area (Å²) in [7, 11) is 1.69. The van der Waals surface area contributed by atoms with Crippen LogP contribution in [0.4, 0.5) is 0 Å². The summed E-state index contributed by atoms with van der Waals surface area (Å²) in [6.45, 7) is 1.97. The minimum absolute atomic E-state index is 0.0872. The fourth-order valence-electron chi connectivity index (χ4n) is 2.26. The van der Waals surface area contributed by atoms with Crippen LogP contribution in [0.3, 0.4) is 0 Å². The van der Waals surface area contributed by atoms with Crippen molar-refractivity contribution in [1.82, 2.24) is 20.1 Å². The first kappa shape index (κ1) is 12.3. The number of aromatic amines is 1. The maximum atomic E-state index is 12.2. The molecule has 2 aliphatic rings. The fraction of sp³-hybridized carbons (Fsp3) is 0.615. The number of nitrogens with zero attached hydrogens (tertiary/aromatic N) is 3. The Morgan fingerprint density at radius 1 is 1.58 bits per heavy atom. The maximum Gasteiger partial charge on any atom is 0.293 e. The highest BCUT2D eigenvalue weighted by Gasteiger charge is 2.29. The lowest BCUT2D eigenvalue weighted by molar-refractivity contribution is 0.0753. The van der Waals surface area contributed by atoms with Crippen molar-refractivity contribution in [3.8, 4) is 0 Å². The minimum Gasteiger partial charge on any atom is -0.380 e. The zero-order valence-electron chi connectivity index (χ0n) is 11.1. The van der Waals surface area contributed by atoms with Crippen LogP contribution >= 0.6 is 0 Å². The lowest BCUT2D eigenvalue weighted by atomic mass is 10.1. The van der Waals surface area contributed by atoms with Gasteiger partial charge in [-0.3, -0.25) is 9.89 Å². The van der Waals surface area contributed by atoms with Crippen LogP contribution < -0.4 is 0 Å². The van der Waals surface area contributed by atoms with Gasteiger partial charge in [0.15, 0.2) is 0 Å². The van der Waals surface area contributed by atoms with Gasteiger partial charge in [0.1, 0.15) is 5.82 Å². The van der Waals surface area contributed by atoms with Crippen molar-refractivity contribution in [3.05, 3.63) is 23.3 Å². The van der Waals surface area contributed by atoms with Gasteiger partial charge in [0, 0.05) is 26.1 Å². The molecule has 0 radical (unpaired) electrons. The Hall–Kier alpha value is -1.69. The standard InChI is InChI=1S/C13H18N4O2/c1-19-8-9-4-6-17(7-5-9)13(18)12-14-11(15-16-12)10-2-3-10/h4,10H,2-3,5-8H2,1H3,(H,14,15,16). The van der Waals surface area contributed by atoms with Crippen molar-refractivity contribution < 1.29 is 9.53 Å². The van der Waals surface area contributed by atoms with Crippen molar-refractivity contribution in [3.63, 3.8) is 0 Å². The minimum atomic E-state index is -0.0872. The molecule has 3 rings (SSSR count). The average Bonchev–Trinajstić information content (AvgIpc) is 3.17. The molecule has 0 aromatic carbocycles. The zero-order chi connectivity index (χ0) is 13.2. The number of aromatic nitrogens is 3. The number of ether oxygens (including phenoxy) is 1. The molecule has 6 heteroatoms. The first-order valence-electron chi connectivity index (χ1n) is 6.66.